The Labute approximate surface area is 108 Å². The number of cyclic esters (lactones) is 1. The highest BCUT2D eigenvalue weighted by molar-refractivity contribution is 5.89. The molecular weight excluding hydrogens is 228 g/mol. The molecule has 0 saturated carbocycles. The minimum absolute atomic E-state index is 0.231. The van der Waals surface area contributed by atoms with E-state index in [9.17, 15) is 4.79 Å². The van der Waals surface area contributed by atoms with Gasteiger partial charge in [-0.1, -0.05) is 18.2 Å². The van der Waals surface area contributed by atoms with Crippen molar-refractivity contribution < 1.29 is 9.53 Å². The van der Waals surface area contributed by atoms with Crippen LogP contribution >= 0.6 is 0 Å². The first kappa shape index (κ1) is 12.9. The van der Waals surface area contributed by atoms with Gasteiger partial charge in [-0.3, -0.25) is 4.90 Å². The fourth-order valence-corrected chi connectivity index (χ4v) is 2.24. The van der Waals surface area contributed by atoms with Crippen molar-refractivity contribution in [3.05, 3.63) is 29.8 Å². The number of nitrogens with one attached hydrogen (secondary N) is 1. The normalized spacial score (nSPS) is 19.8. The van der Waals surface area contributed by atoms with Crippen LogP contribution in [0.1, 0.15) is 12.0 Å². The van der Waals surface area contributed by atoms with Crippen molar-refractivity contribution in [2.45, 2.75) is 13.3 Å². The van der Waals surface area contributed by atoms with Crippen molar-refractivity contribution in [3.8, 4) is 0 Å². The summed E-state index contributed by atoms with van der Waals surface area (Å²) in [5.41, 5.74) is 2.06. The number of hydrogen-bond acceptors (Lipinski definition) is 3. The highest BCUT2D eigenvalue weighted by Gasteiger charge is 2.28. The van der Waals surface area contributed by atoms with Gasteiger partial charge in [-0.05, 0) is 38.6 Å². The van der Waals surface area contributed by atoms with E-state index in [1.54, 1.807) is 4.90 Å². The molecule has 0 bridgehead atoms. The number of rotatable bonds is 4. The van der Waals surface area contributed by atoms with Gasteiger partial charge in [0.15, 0.2) is 0 Å². The summed E-state index contributed by atoms with van der Waals surface area (Å²) < 4.78 is 5.27. The lowest BCUT2D eigenvalue weighted by Crippen LogP contribution is -2.44. The molecule has 4 heteroatoms. The Bertz CT molecular complexity index is 420. The van der Waals surface area contributed by atoms with Crippen molar-refractivity contribution in [1.29, 1.82) is 0 Å². The minimum Gasteiger partial charge on any atom is -0.449 e. The van der Waals surface area contributed by atoms with Crippen LogP contribution in [0, 0.1) is 12.8 Å². The number of anilines is 1. The van der Waals surface area contributed by atoms with Gasteiger partial charge in [0.25, 0.3) is 0 Å². The summed E-state index contributed by atoms with van der Waals surface area (Å²) >= 11 is 0. The number of aryl methyl sites for hydroxylation is 1. The van der Waals surface area contributed by atoms with Crippen LogP contribution in [0.3, 0.4) is 0 Å². The highest BCUT2D eigenvalue weighted by Crippen LogP contribution is 2.25. The molecule has 1 atom stereocenters. The van der Waals surface area contributed by atoms with Gasteiger partial charge in [-0.25, -0.2) is 4.79 Å². The van der Waals surface area contributed by atoms with E-state index in [1.165, 1.54) is 0 Å². The number of nitrogens with zero attached hydrogens (tertiary/aromatic N) is 1. The molecule has 98 valence electrons. The molecule has 0 aromatic heterocycles. The maximum absolute atomic E-state index is 11.9. The van der Waals surface area contributed by atoms with E-state index in [4.69, 9.17) is 4.74 Å². The van der Waals surface area contributed by atoms with E-state index in [0.29, 0.717) is 12.5 Å². The first-order valence-electron chi connectivity index (χ1n) is 6.37. The smallest absolute Gasteiger partial charge is 0.414 e. The second-order valence-corrected chi connectivity index (χ2v) is 4.73. The lowest BCUT2D eigenvalue weighted by molar-refractivity contribution is 0.112. The molecule has 1 aliphatic heterocycles. The third-order valence-electron chi connectivity index (χ3n) is 3.31. The number of para-hydroxylation sites is 1. The lowest BCUT2D eigenvalue weighted by atomic mass is 10.0. The van der Waals surface area contributed by atoms with Gasteiger partial charge in [0.1, 0.15) is 0 Å². The Morgan fingerprint density at radius 3 is 2.94 bits per heavy atom. The van der Waals surface area contributed by atoms with Gasteiger partial charge in [0.05, 0.1) is 6.61 Å². The lowest BCUT2D eigenvalue weighted by Gasteiger charge is -2.33. The van der Waals surface area contributed by atoms with Crippen LogP contribution in [-0.2, 0) is 4.74 Å². The molecule has 1 aromatic carbocycles. The van der Waals surface area contributed by atoms with Crippen molar-refractivity contribution in [2.24, 2.45) is 5.92 Å². The number of hydrogen-bond donors (Lipinski definition) is 1. The van der Waals surface area contributed by atoms with Crippen LogP contribution in [0.4, 0.5) is 10.5 Å². The van der Waals surface area contributed by atoms with E-state index in [1.807, 2.05) is 38.2 Å². The number of benzene rings is 1. The van der Waals surface area contributed by atoms with E-state index in [0.717, 1.165) is 30.8 Å². The quantitative estimate of drug-likeness (QED) is 0.888. The fraction of sp³-hybridized carbons (Fsp3) is 0.500. The molecule has 0 radical (unpaired) electrons. The van der Waals surface area contributed by atoms with E-state index in [2.05, 4.69) is 5.32 Å². The molecule has 1 N–H and O–H groups in total. The highest BCUT2D eigenvalue weighted by atomic mass is 16.6. The number of ether oxygens (including phenoxy) is 1. The topological polar surface area (TPSA) is 41.6 Å². The Morgan fingerprint density at radius 2 is 2.22 bits per heavy atom. The van der Waals surface area contributed by atoms with Crippen LogP contribution in [0.2, 0.25) is 0 Å². The third kappa shape index (κ3) is 2.82. The molecule has 4 nitrogen and oxygen atoms in total. The Balaban J connectivity index is 2.10. The standard InChI is InChI=1S/C14H20N2O2/c1-11-5-3-4-6-13(11)16-9-12(7-8-15-2)10-18-14(16)17/h3-6,12,15H,7-10H2,1-2H3. The summed E-state index contributed by atoms with van der Waals surface area (Å²) in [6.07, 6.45) is 0.789. The van der Waals surface area contributed by atoms with Crippen molar-refractivity contribution >= 4 is 11.8 Å². The zero-order chi connectivity index (χ0) is 13.0. The van der Waals surface area contributed by atoms with Crippen LogP contribution in [0.5, 0.6) is 0 Å². The average Bonchev–Trinajstić information content (AvgIpc) is 2.39. The molecule has 0 aliphatic carbocycles. The van der Waals surface area contributed by atoms with Crippen molar-refractivity contribution in [2.75, 3.05) is 31.6 Å². The van der Waals surface area contributed by atoms with Gasteiger partial charge < -0.3 is 10.1 Å². The second kappa shape index (κ2) is 5.87. The summed E-state index contributed by atoms with van der Waals surface area (Å²) in [5.74, 6) is 0.398. The molecule has 2 rings (SSSR count). The summed E-state index contributed by atoms with van der Waals surface area (Å²) in [6, 6.07) is 7.91. The summed E-state index contributed by atoms with van der Waals surface area (Å²) in [5, 5.41) is 3.13. The molecule has 1 fully saturated rings. The molecular formula is C14H20N2O2. The fourth-order valence-electron chi connectivity index (χ4n) is 2.24. The van der Waals surface area contributed by atoms with Crippen molar-refractivity contribution in [1.82, 2.24) is 5.32 Å². The zero-order valence-corrected chi connectivity index (χ0v) is 11.0. The first-order chi connectivity index (χ1) is 8.72. The van der Waals surface area contributed by atoms with Gasteiger partial charge in [-0.2, -0.15) is 0 Å². The maximum Gasteiger partial charge on any atom is 0.414 e. The summed E-state index contributed by atoms with van der Waals surface area (Å²) in [6.45, 7) is 4.23. The van der Waals surface area contributed by atoms with Crippen LogP contribution < -0.4 is 10.2 Å². The zero-order valence-electron chi connectivity index (χ0n) is 11.0. The number of amides is 1. The molecule has 1 amide bonds. The Kier molecular flexibility index (Phi) is 4.20. The van der Waals surface area contributed by atoms with Crippen molar-refractivity contribution in [3.63, 3.8) is 0 Å². The molecule has 1 aromatic rings. The predicted molar refractivity (Wildman–Crippen MR) is 71.9 cm³/mol. The molecule has 1 saturated heterocycles. The Hall–Kier alpha value is -1.55. The molecule has 1 aliphatic rings. The van der Waals surface area contributed by atoms with Crippen LogP contribution in [0.25, 0.3) is 0 Å². The summed E-state index contributed by atoms with van der Waals surface area (Å²) in [4.78, 5) is 13.6. The average molecular weight is 248 g/mol. The van der Waals surface area contributed by atoms with Crippen LogP contribution in [-0.4, -0.2) is 32.8 Å². The SMILES string of the molecule is CNCCC1COC(=O)N(c2ccccc2C)C1. The maximum atomic E-state index is 11.9. The third-order valence-corrected chi connectivity index (χ3v) is 3.31. The molecule has 1 unspecified atom stereocenters. The molecule has 1 heterocycles. The molecule has 18 heavy (non-hydrogen) atoms. The molecule has 0 spiro atoms. The Morgan fingerprint density at radius 1 is 1.44 bits per heavy atom. The number of carbonyl (C=O) groups excluding carboxylic acids is 1. The predicted octanol–water partition coefficient (Wildman–Crippen LogP) is 2.18. The van der Waals surface area contributed by atoms with E-state index >= 15 is 0 Å². The monoisotopic (exact) mass is 248 g/mol. The van der Waals surface area contributed by atoms with Gasteiger partial charge in [-0.15, -0.1) is 0 Å². The van der Waals surface area contributed by atoms with E-state index in [-0.39, 0.29) is 6.09 Å². The van der Waals surface area contributed by atoms with Gasteiger partial charge in [0, 0.05) is 18.2 Å². The minimum atomic E-state index is -0.231. The summed E-state index contributed by atoms with van der Waals surface area (Å²) in [7, 11) is 1.94. The van der Waals surface area contributed by atoms with Gasteiger partial charge in [0.2, 0.25) is 0 Å². The second-order valence-electron chi connectivity index (χ2n) is 4.73. The first-order valence-corrected chi connectivity index (χ1v) is 6.37. The largest absolute Gasteiger partial charge is 0.449 e. The van der Waals surface area contributed by atoms with Crippen LogP contribution in [0.15, 0.2) is 24.3 Å². The van der Waals surface area contributed by atoms with E-state index < -0.39 is 0 Å². The van der Waals surface area contributed by atoms with Gasteiger partial charge >= 0.3 is 6.09 Å². The number of carbonyl (C=O) groups is 1.